The molecule has 172 valence electrons. The van der Waals surface area contributed by atoms with E-state index in [4.69, 9.17) is 5.14 Å². The highest BCUT2D eigenvalue weighted by Crippen LogP contribution is 2.20. The molecule has 10 heteroatoms. The van der Waals surface area contributed by atoms with E-state index in [1.54, 1.807) is 23.7 Å². The molecule has 4 aromatic rings. The molecule has 2 heterocycles. The number of nitrogens with zero attached hydrogens (tertiary/aromatic N) is 4. The Balaban J connectivity index is 1.54. The standard InChI is InChI=1S/C23H26N6O3S/c1-15-13-18(11-12-19(15)33(24,31)32)14-20-25-22-21(23(30)26-20)27-28-29(22)16(2)7-6-10-17-8-4-3-5-9-17/h3-5,8-9,11-13,16H,6-7,10,14H2,1-2H3,(H2,24,31,32)(H,25,26,30). The second-order valence-electron chi connectivity index (χ2n) is 8.27. The molecule has 0 aliphatic carbocycles. The van der Waals surface area contributed by atoms with Gasteiger partial charge in [0.05, 0.1) is 10.9 Å². The van der Waals surface area contributed by atoms with Crippen molar-refractivity contribution in [2.45, 2.75) is 50.5 Å². The number of nitrogens with one attached hydrogen (secondary N) is 1. The molecule has 9 nitrogen and oxygen atoms in total. The van der Waals surface area contributed by atoms with Gasteiger partial charge >= 0.3 is 0 Å². The van der Waals surface area contributed by atoms with Crippen LogP contribution in [0.2, 0.25) is 0 Å². The lowest BCUT2D eigenvalue weighted by molar-refractivity contribution is 0.444. The Morgan fingerprint density at radius 1 is 1.12 bits per heavy atom. The van der Waals surface area contributed by atoms with Crippen LogP contribution in [0.15, 0.2) is 58.2 Å². The number of hydrogen-bond donors (Lipinski definition) is 2. The lowest BCUT2D eigenvalue weighted by Gasteiger charge is -2.12. The van der Waals surface area contributed by atoms with Gasteiger partial charge in [-0.15, -0.1) is 5.10 Å². The third-order valence-electron chi connectivity index (χ3n) is 5.65. The van der Waals surface area contributed by atoms with Crippen molar-refractivity contribution in [3.8, 4) is 0 Å². The average Bonchev–Trinajstić information content (AvgIpc) is 3.18. The van der Waals surface area contributed by atoms with Crippen LogP contribution in [0, 0.1) is 6.92 Å². The summed E-state index contributed by atoms with van der Waals surface area (Å²) < 4.78 is 25.0. The minimum atomic E-state index is -3.79. The average molecular weight is 467 g/mol. The van der Waals surface area contributed by atoms with E-state index < -0.39 is 10.0 Å². The van der Waals surface area contributed by atoms with E-state index in [0.717, 1.165) is 24.8 Å². The number of nitrogens with two attached hydrogens (primary N) is 1. The van der Waals surface area contributed by atoms with Crippen LogP contribution in [0.4, 0.5) is 0 Å². The normalized spacial score (nSPS) is 12.8. The second-order valence-corrected chi connectivity index (χ2v) is 9.80. The summed E-state index contributed by atoms with van der Waals surface area (Å²) in [6, 6.07) is 15.2. The van der Waals surface area contributed by atoms with Crippen molar-refractivity contribution < 1.29 is 8.42 Å². The predicted molar refractivity (Wildman–Crippen MR) is 125 cm³/mol. The first kappa shape index (κ1) is 22.8. The van der Waals surface area contributed by atoms with E-state index in [1.165, 1.54) is 11.6 Å². The third kappa shape index (κ3) is 5.18. The number of aromatic nitrogens is 5. The van der Waals surface area contributed by atoms with Crippen LogP contribution in [0.1, 0.15) is 48.3 Å². The van der Waals surface area contributed by atoms with Crippen molar-refractivity contribution >= 4 is 21.2 Å². The minimum Gasteiger partial charge on any atom is -0.308 e. The molecule has 3 N–H and O–H groups in total. The minimum absolute atomic E-state index is 0.0251. The van der Waals surface area contributed by atoms with Gasteiger partial charge in [0.1, 0.15) is 5.82 Å². The molecule has 1 unspecified atom stereocenters. The van der Waals surface area contributed by atoms with Crippen LogP contribution >= 0.6 is 0 Å². The van der Waals surface area contributed by atoms with Gasteiger partial charge in [-0.1, -0.05) is 47.7 Å². The highest BCUT2D eigenvalue weighted by atomic mass is 32.2. The smallest absolute Gasteiger partial charge is 0.281 e. The SMILES string of the molecule is Cc1cc(Cc2nc3c(nnn3C(C)CCCc3ccccc3)c(=O)[nH]2)ccc1S(N)(=O)=O. The van der Waals surface area contributed by atoms with Gasteiger partial charge < -0.3 is 4.98 Å². The maximum absolute atomic E-state index is 12.6. The first-order chi connectivity index (χ1) is 15.7. The summed E-state index contributed by atoms with van der Waals surface area (Å²) in [4.78, 5) is 20.0. The monoisotopic (exact) mass is 466 g/mol. The molecule has 4 rings (SSSR count). The zero-order valence-corrected chi connectivity index (χ0v) is 19.3. The molecule has 0 aliphatic rings. The Labute approximate surface area is 191 Å². The predicted octanol–water partition coefficient (Wildman–Crippen LogP) is 2.65. The van der Waals surface area contributed by atoms with Crippen LogP contribution in [-0.2, 0) is 22.9 Å². The van der Waals surface area contributed by atoms with Gasteiger partial charge in [-0.3, -0.25) is 4.79 Å². The molecule has 0 aliphatic heterocycles. The molecule has 2 aromatic heterocycles. The van der Waals surface area contributed by atoms with Crippen molar-refractivity contribution in [2.24, 2.45) is 5.14 Å². The maximum atomic E-state index is 12.6. The van der Waals surface area contributed by atoms with E-state index >= 15 is 0 Å². The van der Waals surface area contributed by atoms with Gasteiger partial charge in [0.15, 0.2) is 11.2 Å². The summed E-state index contributed by atoms with van der Waals surface area (Å²) in [7, 11) is -3.79. The summed E-state index contributed by atoms with van der Waals surface area (Å²) in [6.07, 6.45) is 3.12. The Morgan fingerprint density at radius 2 is 1.88 bits per heavy atom. The third-order valence-corrected chi connectivity index (χ3v) is 6.72. The fourth-order valence-electron chi connectivity index (χ4n) is 3.97. The molecule has 2 aromatic carbocycles. The molecule has 0 saturated carbocycles. The van der Waals surface area contributed by atoms with Crippen molar-refractivity contribution in [3.05, 3.63) is 81.4 Å². The van der Waals surface area contributed by atoms with Gasteiger partial charge in [-0.05, 0) is 55.9 Å². The number of benzene rings is 2. The molecule has 0 radical (unpaired) electrons. The Bertz CT molecular complexity index is 1440. The van der Waals surface area contributed by atoms with Gasteiger partial charge in [0, 0.05) is 6.42 Å². The lowest BCUT2D eigenvalue weighted by Crippen LogP contribution is -2.15. The van der Waals surface area contributed by atoms with E-state index in [-0.39, 0.29) is 22.0 Å². The maximum Gasteiger partial charge on any atom is 0.281 e. The first-order valence-electron chi connectivity index (χ1n) is 10.7. The summed E-state index contributed by atoms with van der Waals surface area (Å²) in [5.41, 5.74) is 2.92. The van der Waals surface area contributed by atoms with Gasteiger partial charge in [-0.2, -0.15) is 0 Å². The molecular formula is C23H26N6O3S. The molecular weight excluding hydrogens is 440 g/mol. The fourth-order valence-corrected chi connectivity index (χ4v) is 4.73. The number of fused-ring (bicyclic) bond motifs is 1. The summed E-state index contributed by atoms with van der Waals surface area (Å²) in [5, 5.41) is 13.5. The van der Waals surface area contributed by atoms with Crippen molar-refractivity contribution in [1.82, 2.24) is 25.0 Å². The molecule has 33 heavy (non-hydrogen) atoms. The van der Waals surface area contributed by atoms with Gasteiger partial charge in [0.2, 0.25) is 10.0 Å². The van der Waals surface area contributed by atoms with E-state index in [0.29, 0.717) is 23.5 Å². The molecule has 0 saturated heterocycles. The van der Waals surface area contributed by atoms with Crippen LogP contribution in [0.25, 0.3) is 11.2 Å². The van der Waals surface area contributed by atoms with E-state index in [9.17, 15) is 13.2 Å². The molecule has 0 amide bonds. The summed E-state index contributed by atoms with van der Waals surface area (Å²) in [6.45, 7) is 3.72. The zero-order chi connectivity index (χ0) is 23.6. The summed E-state index contributed by atoms with van der Waals surface area (Å²) >= 11 is 0. The highest BCUT2D eigenvalue weighted by Gasteiger charge is 2.17. The second kappa shape index (κ2) is 9.24. The quantitative estimate of drug-likeness (QED) is 0.410. The number of aromatic amines is 1. The van der Waals surface area contributed by atoms with Crippen molar-refractivity contribution in [2.75, 3.05) is 0 Å². The number of primary sulfonamides is 1. The molecule has 0 fully saturated rings. The largest absolute Gasteiger partial charge is 0.308 e. The van der Waals surface area contributed by atoms with Crippen LogP contribution in [-0.4, -0.2) is 33.4 Å². The Kier molecular flexibility index (Phi) is 6.39. The molecule has 0 spiro atoms. The van der Waals surface area contributed by atoms with Crippen molar-refractivity contribution in [3.63, 3.8) is 0 Å². The van der Waals surface area contributed by atoms with Crippen LogP contribution in [0.5, 0.6) is 0 Å². The fraction of sp³-hybridized carbons (Fsp3) is 0.304. The zero-order valence-electron chi connectivity index (χ0n) is 18.5. The highest BCUT2D eigenvalue weighted by molar-refractivity contribution is 7.89. The topological polar surface area (TPSA) is 137 Å². The summed E-state index contributed by atoms with van der Waals surface area (Å²) in [5.74, 6) is 0.454. The Morgan fingerprint density at radius 3 is 2.58 bits per heavy atom. The number of H-pyrrole nitrogens is 1. The van der Waals surface area contributed by atoms with E-state index in [1.807, 2.05) is 25.1 Å². The van der Waals surface area contributed by atoms with E-state index in [2.05, 4.69) is 32.4 Å². The van der Waals surface area contributed by atoms with Gasteiger partial charge in [0.25, 0.3) is 5.56 Å². The Hall–Kier alpha value is -3.37. The lowest BCUT2D eigenvalue weighted by atomic mass is 10.1. The number of aryl methyl sites for hydroxylation is 2. The number of hydrogen-bond acceptors (Lipinski definition) is 6. The van der Waals surface area contributed by atoms with Crippen LogP contribution < -0.4 is 10.7 Å². The van der Waals surface area contributed by atoms with Crippen LogP contribution in [0.3, 0.4) is 0 Å². The number of rotatable bonds is 8. The molecule has 1 atom stereocenters. The number of sulfonamides is 1. The van der Waals surface area contributed by atoms with Crippen molar-refractivity contribution in [1.29, 1.82) is 0 Å². The molecule has 0 bridgehead atoms. The first-order valence-corrected chi connectivity index (χ1v) is 12.3. The van der Waals surface area contributed by atoms with Gasteiger partial charge in [-0.25, -0.2) is 23.2 Å².